The van der Waals surface area contributed by atoms with Crippen molar-refractivity contribution in [2.75, 3.05) is 0 Å². The topological polar surface area (TPSA) is 254 Å². The van der Waals surface area contributed by atoms with E-state index in [1.165, 1.54) is 0 Å². The predicted octanol–water partition coefficient (Wildman–Crippen LogP) is 15.3. The molecule has 16 nitrogen and oxygen atoms in total. The first-order valence-electron chi connectivity index (χ1n) is 32.7. The van der Waals surface area contributed by atoms with Crippen LogP contribution >= 0.6 is 0 Å². The Bertz CT molecular complexity index is 2340. The second-order valence-electron chi connectivity index (χ2n) is 34.5. The minimum atomic E-state index is -1.53. The summed E-state index contributed by atoms with van der Waals surface area (Å²) in [5.74, 6) is -4.37. The Hall–Kier alpha value is -3.28. The van der Waals surface area contributed by atoms with Crippen LogP contribution in [0.1, 0.15) is 301 Å². The predicted molar refractivity (Wildman–Crippen MR) is 372 cm³/mol. The average Bonchev–Trinajstić information content (AvgIpc) is 2.15. The van der Waals surface area contributed by atoms with Gasteiger partial charge in [0.2, 0.25) is 0 Å². The van der Waals surface area contributed by atoms with Gasteiger partial charge in [-0.05, 0) is 51.4 Å². The number of hydrogen-bond acceptors (Lipinski definition) is 14. The molecule has 4 aliphatic rings. The monoisotopic (exact) mass is 1320 g/mol. The van der Waals surface area contributed by atoms with Crippen molar-refractivity contribution < 1.29 is 39.6 Å². The Kier molecular flexibility index (Phi) is 27.3. The molecule has 4 rings (SSSR count). The molecule has 17 heteroatoms. The first kappa shape index (κ1) is 85.7. The molecule has 0 fully saturated rings. The molecule has 0 radical (unpaired) electrons. The first-order valence-corrected chi connectivity index (χ1v) is 32.7. The molecule has 0 saturated heterocycles. The molecule has 0 unspecified atom stereocenters. The summed E-state index contributed by atoms with van der Waals surface area (Å²) in [4.78, 5) is 85.8. The van der Waals surface area contributed by atoms with Crippen LogP contribution in [-0.4, -0.2) is 148 Å². The van der Waals surface area contributed by atoms with Crippen molar-refractivity contribution in [1.29, 1.82) is 0 Å². The van der Waals surface area contributed by atoms with Gasteiger partial charge in [0.15, 0.2) is 11.3 Å². The fourth-order valence-corrected chi connectivity index (χ4v) is 9.90. The molecule has 0 aromatic carbocycles. The summed E-state index contributed by atoms with van der Waals surface area (Å²) in [6.07, 6.45) is 7.07. The van der Waals surface area contributed by atoms with Gasteiger partial charge in [-0.2, -0.15) is 0 Å². The van der Waals surface area contributed by atoms with Gasteiger partial charge in [0, 0.05) is 65.0 Å². The van der Waals surface area contributed by atoms with E-state index in [0.717, 1.165) is 97.1 Å². The van der Waals surface area contributed by atoms with Gasteiger partial charge in [-0.25, -0.2) is 29.6 Å². The van der Waals surface area contributed by atoms with E-state index in [-0.39, 0.29) is 88.8 Å². The number of carboxylic acids is 4. The molecule has 0 spiro atoms. The van der Waals surface area contributed by atoms with E-state index in [1.54, 1.807) is 0 Å². The van der Waals surface area contributed by atoms with Gasteiger partial charge in [-0.1, -0.05) is 249 Å². The van der Waals surface area contributed by atoms with Crippen molar-refractivity contribution in [2.24, 2.45) is 105 Å². The Morgan fingerprint density at radius 2 is 0.371 bits per heavy atom. The van der Waals surface area contributed by atoms with Crippen molar-refractivity contribution >= 4 is 115 Å². The number of nitrogens with zero attached hydrogens (tertiary/aromatic N) is 8. The smallest absolute Gasteiger partial charge is 0.545 e. The molecule has 2 N–H and O–H groups in total. The van der Waals surface area contributed by atoms with Crippen LogP contribution in [-0.2, 0) is 19.2 Å². The molecular formula is C72H126N8O8Sr. The summed E-state index contributed by atoms with van der Waals surface area (Å²) < 4.78 is 0. The van der Waals surface area contributed by atoms with Crippen molar-refractivity contribution in [3.8, 4) is 0 Å². The van der Waals surface area contributed by atoms with E-state index < -0.39 is 68.2 Å². The SMILES string of the molecule is CCC(C)(C)C1=NC(C(=O)O)(C(C)(C)C)N=C1C(C)(C)CC.CCC(C)(C)C1=NC(C(=O)O)(C(C)(C)C)N=C1C(C)(C)CC.CCC(C)(C)C1=NC(C(=O)[O-])(C(C)(C)C)N=C1C(C)(C)CC.CCC(C)(C)C1=NC(C(=O)[O-])(C(C)(C)C)N=C1C(C)(C)CC.[Sr+2]. The quantitative estimate of drug-likeness (QED) is 0.111. The number of rotatable bonds is 20. The van der Waals surface area contributed by atoms with E-state index in [0.29, 0.717) is 0 Å². The second kappa shape index (κ2) is 28.4. The Labute approximate surface area is 578 Å². The van der Waals surface area contributed by atoms with Gasteiger partial charge >= 0.3 is 57.4 Å². The number of hydrogen-bond donors (Lipinski definition) is 2. The molecule has 0 amide bonds. The third kappa shape index (κ3) is 17.0. The summed E-state index contributed by atoms with van der Waals surface area (Å²) in [6.45, 7) is 73.0. The van der Waals surface area contributed by atoms with E-state index in [1.807, 2.05) is 83.1 Å². The van der Waals surface area contributed by atoms with E-state index in [2.05, 4.69) is 186 Å². The summed E-state index contributed by atoms with van der Waals surface area (Å²) in [6, 6.07) is 0. The van der Waals surface area contributed by atoms with Crippen LogP contribution in [0.25, 0.3) is 0 Å². The number of carbonyl (C=O) groups is 4. The van der Waals surface area contributed by atoms with Crippen LogP contribution in [0.3, 0.4) is 0 Å². The molecule has 0 atom stereocenters. The van der Waals surface area contributed by atoms with Gasteiger partial charge in [0.25, 0.3) is 11.3 Å². The average molecular weight is 1320 g/mol. The van der Waals surface area contributed by atoms with E-state index >= 15 is 0 Å². The zero-order valence-corrected chi connectivity index (χ0v) is 66.8. The molecule has 89 heavy (non-hydrogen) atoms. The van der Waals surface area contributed by atoms with Gasteiger partial charge in [-0.3, -0.25) is 20.0 Å². The molecule has 0 bridgehead atoms. The van der Waals surface area contributed by atoms with Crippen molar-refractivity contribution in [2.45, 2.75) is 323 Å². The summed E-state index contributed by atoms with van der Waals surface area (Å²) >= 11 is 0. The molecule has 504 valence electrons. The van der Waals surface area contributed by atoms with Gasteiger partial charge < -0.3 is 30.0 Å². The van der Waals surface area contributed by atoms with E-state index in [4.69, 9.17) is 20.0 Å². The van der Waals surface area contributed by atoms with Gasteiger partial charge in [0.1, 0.15) is 0 Å². The third-order valence-electron chi connectivity index (χ3n) is 20.6. The third-order valence-corrected chi connectivity index (χ3v) is 20.6. The van der Waals surface area contributed by atoms with Crippen LogP contribution in [0.5, 0.6) is 0 Å². The minimum absolute atomic E-state index is 0. The number of carboxylic acid groups (broad SMARTS) is 4. The molecule has 0 aromatic rings. The first-order chi connectivity index (χ1) is 39.0. The molecule has 4 aliphatic heterocycles. The Morgan fingerprint density at radius 3 is 0.438 bits per heavy atom. The molecule has 4 heterocycles. The standard InChI is InChI=1S/4C18H32N2O2.Sr/c4*1-10-16(6,7)12-13(17(8,9)11-2)20-18(19-12,14(21)22)15(3,4)5;/h4*10-11H2,1-9H3,(H,21,22);/q;;;;+2/p-2. The Morgan fingerprint density at radius 1 is 0.270 bits per heavy atom. The van der Waals surface area contributed by atoms with Crippen LogP contribution in [0.4, 0.5) is 0 Å². The van der Waals surface area contributed by atoms with Crippen molar-refractivity contribution in [3.05, 3.63) is 0 Å². The fourth-order valence-electron chi connectivity index (χ4n) is 9.90. The largest absolute Gasteiger partial charge is 2.00 e. The van der Waals surface area contributed by atoms with Gasteiger partial charge in [-0.15, -0.1) is 0 Å². The zero-order valence-electron chi connectivity index (χ0n) is 63.3. The number of aliphatic carboxylic acids is 4. The second-order valence-corrected chi connectivity index (χ2v) is 34.5. The summed E-state index contributed by atoms with van der Waals surface area (Å²) in [5.41, 5.74) is -3.25. The van der Waals surface area contributed by atoms with Crippen molar-refractivity contribution in [3.63, 3.8) is 0 Å². The van der Waals surface area contributed by atoms with Crippen LogP contribution in [0, 0.1) is 65.0 Å². The van der Waals surface area contributed by atoms with Crippen LogP contribution in [0.2, 0.25) is 0 Å². The maximum Gasteiger partial charge on any atom is 2.00 e. The summed E-state index contributed by atoms with van der Waals surface area (Å²) in [7, 11) is 0. The molecule has 0 aliphatic carbocycles. The molecule has 0 saturated carbocycles. The number of aliphatic imine (C=N–C) groups is 8. The van der Waals surface area contributed by atoms with E-state index in [9.17, 15) is 39.6 Å². The Balaban J connectivity index is 0.00000116. The summed E-state index contributed by atoms with van der Waals surface area (Å²) in [5, 5.41) is 43.7. The van der Waals surface area contributed by atoms with Crippen LogP contribution < -0.4 is 10.2 Å². The minimum Gasteiger partial charge on any atom is -0.545 e. The fraction of sp³-hybridized carbons (Fsp3) is 0.833. The van der Waals surface area contributed by atoms with Crippen molar-refractivity contribution in [1.82, 2.24) is 0 Å². The van der Waals surface area contributed by atoms with Gasteiger partial charge in [0.05, 0.1) is 57.6 Å². The zero-order chi connectivity index (χ0) is 70.2. The maximum absolute atomic E-state index is 12.1. The molecular weight excluding hydrogens is 1190 g/mol. The van der Waals surface area contributed by atoms with Crippen LogP contribution in [0.15, 0.2) is 39.9 Å². The normalized spacial score (nSPS) is 18.7. The molecule has 0 aromatic heterocycles. The maximum atomic E-state index is 12.1. The number of carbonyl (C=O) groups excluding carboxylic acids is 2.